The molecule has 10 heteroatoms. The van der Waals surface area contributed by atoms with E-state index in [2.05, 4.69) is 36.5 Å². The number of nitrogens with zero attached hydrogens (tertiary/aromatic N) is 2. The van der Waals surface area contributed by atoms with Gasteiger partial charge < -0.3 is 20.1 Å². The third-order valence-electron chi connectivity index (χ3n) is 4.36. The molecule has 1 aromatic heterocycles. The maximum Gasteiger partial charge on any atom is 0.333 e. The number of rotatable bonds is 7. The molecule has 0 aliphatic rings. The van der Waals surface area contributed by atoms with Crippen molar-refractivity contribution in [1.82, 2.24) is 9.97 Å². The molecular weight excluding hydrogens is 504 g/mol. The van der Waals surface area contributed by atoms with Crippen LogP contribution in [0.2, 0.25) is 0 Å². The van der Waals surface area contributed by atoms with Crippen LogP contribution in [0.3, 0.4) is 0 Å². The van der Waals surface area contributed by atoms with Crippen molar-refractivity contribution in [3.63, 3.8) is 0 Å². The Morgan fingerprint density at radius 3 is 2.53 bits per heavy atom. The Morgan fingerprint density at radius 1 is 1.00 bits per heavy atom. The van der Waals surface area contributed by atoms with Gasteiger partial charge in [0.25, 0.3) is 0 Å². The summed E-state index contributed by atoms with van der Waals surface area (Å²) in [5.74, 6) is -1.29. The fraction of sp³-hybridized carbons (Fsp3) is 0.208. The number of aromatic nitrogens is 2. The van der Waals surface area contributed by atoms with Crippen LogP contribution >= 0.6 is 15.9 Å². The van der Waals surface area contributed by atoms with Crippen molar-refractivity contribution in [1.29, 1.82) is 0 Å². The summed E-state index contributed by atoms with van der Waals surface area (Å²) < 4.78 is 10.5. The van der Waals surface area contributed by atoms with Crippen LogP contribution in [0.5, 0.6) is 0 Å². The number of ether oxygens (including phenoxy) is 2. The maximum absolute atomic E-state index is 12.2. The van der Waals surface area contributed by atoms with E-state index in [1.54, 1.807) is 39.0 Å². The van der Waals surface area contributed by atoms with Gasteiger partial charge >= 0.3 is 11.9 Å². The highest BCUT2D eigenvalue weighted by Gasteiger charge is 2.23. The highest BCUT2D eigenvalue weighted by Crippen LogP contribution is 2.27. The van der Waals surface area contributed by atoms with Crippen molar-refractivity contribution in [2.75, 3.05) is 17.4 Å². The molecule has 2 N–H and O–H groups in total. The molecule has 0 spiro atoms. The topological polar surface area (TPSA) is 120 Å². The van der Waals surface area contributed by atoms with Gasteiger partial charge in [0, 0.05) is 33.4 Å². The highest BCUT2D eigenvalue weighted by atomic mass is 79.9. The molecule has 0 aliphatic carbocycles. The van der Waals surface area contributed by atoms with E-state index in [1.807, 2.05) is 24.3 Å². The van der Waals surface area contributed by atoms with Crippen LogP contribution in [0, 0.1) is 5.41 Å². The molecule has 1 amide bonds. The molecule has 0 saturated heterocycles. The molecule has 0 radical (unpaired) electrons. The number of nitrogens with one attached hydrogen (secondary N) is 2. The minimum Gasteiger partial charge on any atom is -0.427 e. The molecule has 0 fully saturated rings. The Labute approximate surface area is 204 Å². The predicted octanol–water partition coefficient (Wildman–Crippen LogP) is 4.72. The van der Waals surface area contributed by atoms with Gasteiger partial charge in [-0.2, -0.15) is 0 Å². The number of esters is 2. The zero-order valence-corrected chi connectivity index (χ0v) is 20.4. The van der Waals surface area contributed by atoms with Crippen molar-refractivity contribution in [2.45, 2.75) is 20.8 Å². The summed E-state index contributed by atoms with van der Waals surface area (Å²) in [6.07, 6.45) is 3.43. The van der Waals surface area contributed by atoms with E-state index < -0.39 is 30.1 Å². The van der Waals surface area contributed by atoms with Gasteiger partial charge in [0.05, 0.1) is 10.9 Å². The maximum atomic E-state index is 12.2. The van der Waals surface area contributed by atoms with Gasteiger partial charge in [0.1, 0.15) is 12.1 Å². The van der Waals surface area contributed by atoms with Gasteiger partial charge in [0.15, 0.2) is 0 Å². The second-order valence-electron chi connectivity index (χ2n) is 8.18. The highest BCUT2D eigenvalue weighted by molar-refractivity contribution is 9.10. The van der Waals surface area contributed by atoms with Crippen molar-refractivity contribution < 1.29 is 23.9 Å². The molecule has 0 bridgehead atoms. The normalized spacial score (nSPS) is 11.3. The molecule has 3 rings (SSSR count). The van der Waals surface area contributed by atoms with E-state index in [1.165, 1.54) is 6.33 Å². The fourth-order valence-electron chi connectivity index (χ4n) is 2.67. The molecule has 0 aliphatic heterocycles. The Kier molecular flexibility index (Phi) is 7.95. The van der Waals surface area contributed by atoms with E-state index in [-0.39, 0.29) is 0 Å². The molecule has 2 aromatic carbocycles. The summed E-state index contributed by atoms with van der Waals surface area (Å²) in [5.41, 5.74) is 1.30. The number of carbonyl (C=O) groups is 3. The van der Waals surface area contributed by atoms with Crippen LogP contribution in [-0.2, 0) is 23.9 Å². The number of hydrogen-bond donors (Lipinski definition) is 2. The first-order chi connectivity index (χ1) is 16.1. The number of fused-ring (bicyclic) bond motifs is 1. The van der Waals surface area contributed by atoms with E-state index in [0.717, 1.165) is 22.3 Å². The molecule has 1 heterocycles. The summed E-state index contributed by atoms with van der Waals surface area (Å²) in [6.45, 7) is 4.51. The predicted molar refractivity (Wildman–Crippen MR) is 131 cm³/mol. The second kappa shape index (κ2) is 10.9. The lowest BCUT2D eigenvalue weighted by atomic mass is 9.98. The molecule has 3 aromatic rings. The van der Waals surface area contributed by atoms with Gasteiger partial charge in [-0.1, -0.05) is 22.0 Å². The molecule has 0 atom stereocenters. The smallest absolute Gasteiger partial charge is 0.333 e. The van der Waals surface area contributed by atoms with Crippen LogP contribution in [-0.4, -0.2) is 34.6 Å². The minimum atomic E-state index is -0.815. The average Bonchev–Trinajstić information content (AvgIpc) is 2.77. The van der Waals surface area contributed by atoms with Crippen LogP contribution in [0.25, 0.3) is 10.9 Å². The van der Waals surface area contributed by atoms with E-state index in [0.29, 0.717) is 22.4 Å². The summed E-state index contributed by atoms with van der Waals surface area (Å²) in [7, 11) is 0. The van der Waals surface area contributed by atoms with Gasteiger partial charge in [-0.25, -0.2) is 14.8 Å². The number of carbonyl (C=O) groups excluding carboxylic acids is 3. The molecule has 176 valence electrons. The first kappa shape index (κ1) is 24.8. The molecule has 34 heavy (non-hydrogen) atoms. The van der Waals surface area contributed by atoms with Gasteiger partial charge in [-0.3, -0.25) is 9.59 Å². The number of amides is 1. The van der Waals surface area contributed by atoms with Gasteiger partial charge in [-0.15, -0.1) is 0 Å². The number of halogens is 1. The Hall–Kier alpha value is -3.79. The molecular formula is C24H23BrN4O5. The summed E-state index contributed by atoms with van der Waals surface area (Å²) in [6, 6.07) is 12.8. The van der Waals surface area contributed by atoms with Crippen LogP contribution in [0.1, 0.15) is 20.8 Å². The van der Waals surface area contributed by atoms with E-state index in [4.69, 9.17) is 9.47 Å². The zero-order chi connectivity index (χ0) is 24.7. The van der Waals surface area contributed by atoms with Crippen LogP contribution in [0.4, 0.5) is 17.2 Å². The third-order valence-corrected chi connectivity index (χ3v) is 4.86. The Balaban J connectivity index is 1.62. The van der Waals surface area contributed by atoms with Gasteiger partial charge in [0.2, 0.25) is 12.7 Å². The van der Waals surface area contributed by atoms with Crippen molar-refractivity contribution in [2.24, 2.45) is 5.41 Å². The Morgan fingerprint density at radius 2 is 1.79 bits per heavy atom. The van der Waals surface area contributed by atoms with Crippen LogP contribution < -0.4 is 10.6 Å². The standard InChI is InChI=1S/C24H23BrN4O5/c1-24(2,3)23(32)34-14-33-21(31)10-9-20(30)28-17-7-8-19-18(12-17)22(27-13-26-19)29-16-6-4-5-15(25)11-16/h4-13H,14H2,1-3H3,(H,28,30)(H,26,27,29). The summed E-state index contributed by atoms with van der Waals surface area (Å²) in [5, 5.41) is 6.61. The first-order valence-electron chi connectivity index (χ1n) is 10.2. The lowest BCUT2D eigenvalue weighted by Crippen LogP contribution is -2.24. The van der Waals surface area contributed by atoms with Crippen LogP contribution in [0.15, 0.2) is 65.4 Å². The summed E-state index contributed by atoms with van der Waals surface area (Å²) in [4.78, 5) is 44.2. The molecule has 0 saturated carbocycles. The van der Waals surface area contributed by atoms with E-state index in [9.17, 15) is 14.4 Å². The minimum absolute atomic E-state index is 0.488. The first-order valence-corrected chi connectivity index (χ1v) is 11.0. The molecule has 9 nitrogen and oxygen atoms in total. The second-order valence-corrected chi connectivity index (χ2v) is 9.09. The summed E-state index contributed by atoms with van der Waals surface area (Å²) >= 11 is 3.44. The van der Waals surface area contributed by atoms with E-state index >= 15 is 0 Å². The Bertz CT molecular complexity index is 1250. The number of anilines is 3. The average molecular weight is 527 g/mol. The quantitative estimate of drug-likeness (QED) is 0.257. The number of benzene rings is 2. The van der Waals surface area contributed by atoms with Crippen molar-refractivity contribution in [3.05, 3.63) is 65.4 Å². The van der Waals surface area contributed by atoms with Gasteiger partial charge in [-0.05, 0) is 57.2 Å². The number of hydrogen-bond acceptors (Lipinski definition) is 8. The SMILES string of the molecule is CC(C)(C)C(=O)OCOC(=O)C=CC(=O)Nc1ccc2ncnc(Nc3cccc(Br)c3)c2c1. The third kappa shape index (κ3) is 7.11. The molecule has 0 unspecified atom stereocenters. The van der Waals surface area contributed by atoms with Crippen molar-refractivity contribution in [3.8, 4) is 0 Å². The largest absolute Gasteiger partial charge is 0.427 e. The lowest BCUT2D eigenvalue weighted by molar-refractivity contribution is -0.170. The zero-order valence-electron chi connectivity index (χ0n) is 18.8. The monoisotopic (exact) mass is 526 g/mol. The van der Waals surface area contributed by atoms with Crippen molar-refractivity contribution >= 4 is 61.9 Å². The lowest BCUT2D eigenvalue weighted by Gasteiger charge is -2.15. The fourth-order valence-corrected chi connectivity index (χ4v) is 3.07.